The molecule has 0 saturated heterocycles. The van der Waals surface area contributed by atoms with E-state index in [4.69, 9.17) is 0 Å². The van der Waals surface area contributed by atoms with Crippen LogP contribution in [0.5, 0.6) is 0 Å². The fraction of sp³-hybridized carbons (Fsp3) is 0.188. The number of pyridine rings is 1. The van der Waals surface area contributed by atoms with Crippen LogP contribution in [-0.4, -0.2) is 21.6 Å². The van der Waals surface area contributed by atoms with Gasteiger partial charge in [0.2, 0.25) is 0 Å². The highest BCUT2D eigenvalue weighted by atomic mass is 16.1. The molecule has 0 aliphatic rings. The lowest BCUT2D eigenvalue weighted by Crippen LogP contribution is -2.24. The van der Waals surface area contributed by atoms with Crippen LogP contribution in [0, 0.1) is 6.92 Å². The van der Waals surface area contributed by atoms with Gasteiger partial charge in [0.05, 0.1) is 17.6 Å². The molecular weight excluding hydrogens is 264 g/mol. The van der Waals surface area contributed by atoms with Crippen LogP contribution < -0.4 is 10.9 Å². The van der Waals surface area contributed by atoms with Crippen LogP contribution in [0.25, 0.3) is 11.0 Å². The number of hydrogen-bond donors (Lipinski definition) is 1. The summed E-state index contributed by atoms with van der Waals surface area (Å²) in [5.41, 5.74) is 3.15. The van der Waals surface area contributed by atoms with E-state index < -0.39 is 0 Å². The van der Waals surface area contributed by atoms with E-state index in [9.17, 15) is 4.79 Å². The highest BCUT2D eigenvalue weighted by molar-refractivity contribution is 5.74. The van der Waals surface area contributed by atoms with Gasteiger partial charge in [-0.2, -0.15) is 0 Å². The summed E-state index contributed by atoms with van der Waals surface area (Å²) in [6, 6.07) is 11.5. The zero-order chi connectivity index (χ0) is 14.8. The molecule has 3 rings (SSSR count). The molecule has 1 aromatic carbocycles. The largest absolute Gasteiger partial charge is 0.373 e. The van der Waals surface area contributed by atoms with E-state index in [1.807, 2.05) is 43.4 Å². The molecule has 0 spiro atoms. The van der Waals surface area contributed by atoms with Gasteiger partial charge in [0.1, 0.15) is 11.5 Å². The van der Waals surface area contributed by atoms with Gasteiger partial charge >= 0.3 is 0 Å². The van der Waals surface area contributed by atoms with Gasteiger partial charge in [0.15, 0.2) is 0 Å². The summed E-state index contributed by atoms with van der Waals surface area (Å²) in [5, 5.41) is 3.01. The lowest BCUT2D eigenvalue weighted by molar-refractivity contribution is 0.775. The van der Waals surface area contributed by atoms with Crippen molar-refractivity contribution in [2.24, 2.45) is 0 Å². The van der Waals surface area contributed by atoms with Gasteiger partial charge in [-0.3, -0.25) is 4.79 Å². The highest BCUT2D eigenvalue weighted by Crippen LogP contribution is 2.13. The Morgan fingerprint density at radius 3 is 2.86 bits per heavy atom. The Kier molecular flexibility index (Phi) is 3.39. The molecular formula is C16H16N4O. The van der Waals surface area contributed by atoms with Gasteiger partial charge in [0.25, 0.3) is 5.56 Å². The molecule has 0 aliphatic heterocycles. The number of benzene rings is 1. The van der Waals surface area contributed by atoms with Crippen LogP contribution >= 0.6 is 0 Å². The van der Waals surface area contributed by atoms with Crippen LogP contribution in [0.15, 0.2) is 47.4 Å². The SMILES string of the molecule is CNc1cc(Cn2c(=O)c(C)nc3ccccc32)ccn1. The molecule has 0 fully saturated rings. The summed E-state index contributed by atoms with van der Waals surface area (Å²) >= 11 is 0. The predicted molar refractivity (Wildman–Crippen MR) is 83.6 cm³/mol. The monoisotopic (exact) mass is 280 g/mol. The first-order chi connectivity index (χ1) is 10.2. The first kappa shape index (κ1) is 13.3. The van der Waals surface area contributed by atoms with Crippen molar-refractivity contribution in [2.75, 3.05) is 12.4 Å². The molecule has 0 saturated carbocycles. The minimum absolute atomic E-state index is 0.0588. The average Bonchev–Trinajstić information content (AvgIpc) is 2.52. The molecule has 3 aromatic rings. The molecule has 5 heteroatoms. The Hall–Kier alpha value is -2.69. The lowest BCUT2D eigenvalue weighted by Gasteiger charge is -2.11. The normalized spacial score (nSPS) is 10.8. The standard InChI is InChI=1S/C16H16N4O/c1-11-16(21)20(14-6-4-3-5-13(14)19-11)10-12-7-8-18-15(9-12)17-2/h3-9H,10H2,1-2H3,(H,17,18). The molecule has 1 N–H and O–H groups in total. The van der Waals surface area contributed by atoms with Crippen molar-refractivity contribution in [3.63, 3.8) is 0 Å². The van der Waals surface area contributed by atoms with E-state index in [0.29, 0.717) is 12.2 Å². The molecule has 2 aromatic heterocycles. The first-order valence-corrected chi connectivity index (χ1v) is 6.78. The zero-order valence-corrected chi connectivity index (χ0v) is 12.0. The zero-order valence-electron chi connectivity index (χ0n) is 12.0. The molecule has 0 unspecified atom stereocenters. The molecule has 2 heterocycles. The third kappa shape index (κ3) is 2.50. The van der Waals surface area contributed by atoms with Crippen molar-refractivity contribution >= 4 is 16.9 Å². The second kappa shape index (κ2) is 5.36. The van der Waals surface area contributed by atoms with Gasteiger partial charge in [-0.25, -0.2) is 9.97 Å². The van der Waals surface area contributed by atoms with E-state index in [2.05, 4.69) is 15.3 Å². The van der Waals surface area contributed by atoms with E-state index in [-0.39, 0.29) is 5.56 Å². The number of hydrogen-bond acceptors (Lipinski definition) is 4. The Labute approximate surface area is 122 Å². The van der Waals surface area contributed by atoms with E-state index in [0.717, 1.165) is 22.4 Å². The molecule has 0 aliphatic carbocycles. The highest BCUT2D eigenvalue weighted by Gasteiger charge is 2.08. The fourth-order valence-electron chi connectivity index (χ4n) is 2.37. The van der Waals surface area contributed by atoms with Gasteiger partial charge in [-0.05, 0) is 36.8 Å². The predicted octanol–water partition coefficient (Wildman–Crippen LogP) is 2.19. The van der Waals surface area contributed by atoms with Crippen LogP contribution in [0.1, 0.15) is 11.3 Å². The molecule has 106 valence electrons. The van der Waals surface area contributed by atoms with Gasteiger partial charge in [-0.1, -0.05) is 12.1 Å². The maximum absolute atomic E-state index is 12.4. The summed E-state index contributed by atoms with van der Waals surface area (Å²) in [7, 11) is 1.82. The summed E-state index contributed by atoms with van der Waals surface area (Å²) in [4.78, 5) is 21.0. The Balaban J connectivity index is 2.15. The number of nitrogens with one attached hydrogen (secondary N) is 1. The van der Waals surface area contributed by atoms with Crippen LogP contribution in [-0.2, 0) is 6.54 Å². The third-order valence-electron chi connectivity index (χ3n) is 3.44. The van der Waals surface area contributed by atoms with Gasteiger partial charge in [-0.15, -0.1) is 0 Å². The van der Waals surface area contributed by atoms with Crippen LogP contribution in [0.3, 0.4) is 0 Å². The van der Waals surface area contributed by atoms with Crippen molar-refractivity contribution in [3.8, 4) is 0 Å². The number of nitrogens with zero attached hydrogens (tertiary/aromatic N) is 3. The first-order valence-electron chi connectivity index (χ1n) is 6.78. The summed E-state index contributed by atoms with van der Waals surface area (Å²) in [6.45, 7) is 2.25. The summed E-state index contributed by atoms with van der Waals surface area (Å²) in [5.74, 6) is 0.788. The molecule has 21 heavy (non-hydrogen) atoms. The number of aromatic nitrogens is 3. The molecule has 0 atom stereocenters. The van der Waals surface area contributed by atoms with Crippen molar-refractivity contribution < 1.29 is 0 Å². The molecule has 0 bridgehead atoms. The van der Waals surface area contributed by atoms with E-state index in [1.54, 1.807) is 17.7 Å². The number of anilines is 1. The number of rotatable bonds is 3. The van der Waals surface area contributed by atoms with Crippen molar-refractivity contribution in [3.05, 3.63) is 64.2 Å². The van der Waals surface area contributed by atoms with Gasteiger partial charge < -0.3 is 9.88 Å². The molecule has 0 amide bonds. The molecule has 0 radical (unpaired) electrons. The van der Waals surface area contributed by atoms with Gasteiger partial charge in [0, 0.05) is 13.2 Å². The minimum atomic E-state index is -0.0588. The third-order valence-corrected chi connectivity index (χ3v) is 3.44. The molecule has 5 nitrogen and oxygen atoms in total. The van der Waals surface area contributed by atoms with Crippen molar-refractivity contribution in [1.82, 2.24) is 14.5 Å². The maximum atomic E-state index is 12.4. The summed E-state index contributed by atoms with van der Waals surface area (Å²) < 4.78 is 1.76. The number of para-hydroxylation sites is 2. The minimum Gasteiger partial charge on any atom is -0.373 e. The van der Waals surface area contributed by atoms with Crippen LogP contribution in [0.2, 0.25) is 0 Å². The Morgan fingerprint density at radius 1 is 1.24 bits per heavy atom. The second-order valence-electron chi connectivity index (χ2n) is 4.88. The average molecular weight is 280 g/mol. The number of aryl methyl sites for hydroxylation is 1. The van der Waals surface area contributed by atoms with Crippen LogP contribution in [0.4, 0.5) is 5.82 Å². The maximum Gasteiger partial charge on any atom is 0.272 e. The Morgan fingerprint density at radius 2 is 2.05 bits per heavy atom. The topological polar surface area (TPSA) is 59.8 Å². The van der Waals surface area contributed by atoms with Crippen molar-refractivity contribution in [1.29, 1.82) is 0 Å². The van der Waals surface area contributed by atoms with E-state index in [1.165, 1.54) is 0 Å². The fourth-order valence-corrected chi connectivity index (χ4v) is 2.37. The van der Waals surface area contributed by atoms with E-state index >= 15 is 0 Å². The smallest absolute Gasteiger partial charge is 0.272 e. The summed E-state index contributed by atoms with van der Waals surface area (Å²) in [6.07, 6.45) is 1.74. The quantitative estimate of drug-likeness (QED) is 0.799. The Bertz CT molecular complexity index is 854. The lowest BCUT2D eigenvalue weighted by atomic mass is 10.2. The second-order valence-corrected chi connectivity index (χ2v) is 4.88. The number of fused-ring (bicyclic) bond motifs is 1. The van der Waals surface area contributed by atoms with Crippen molar-refractivity contribution in [2.45, 2.75) is 13.5 Å².